The Labute approximate surface area is 349 Å². The van der Waals surface area contributed by atoms with Gasteiger partial charge in [-0.3, -0.25) is 29.1 Å². The average molecular weight is 863 g/mol. The normalized spacial score (nSPS) is 20.5. The molecule has 0 spiro atoms. The van der Waals surface area contributed by atoms with Gasteiger partial charge in [-0.15, -0.1) is 46.4 Å². The number of aromatic nitrogens is 3. The predicted molar refractivity (Wildman–Crippen MR) is 224 cm³/mol. The summed E-state index contributed by atoms with van der Waals surface area (Å²) in [5.41, 5.74) is 5.25. The highest BCUT2D eigenvalue weighted by molar-refractivity contribution is 6.67. The molecule has 3 aromatic heterocycles. The third kappa shape index (κ3) is 24.0. The molecule has 2 amide bonds. The number of nitrogens with two attached hydrogens (primary N) is 1. The fourth-order valence-corrected chi connectivity index (χ4v) is 5.47. The first-order chi connectivity index (χ1) is 26.5. The number of fused-ring (bicyclic) bond motifs is 6. The first kappa shape index (κ1) is 49.7. The Morgan fingerprint density at radius 3 is 1.33 bits per heavy atom. The maximum absolute atomic E-state index is 12.1. The number of pyridine rings is 3. The number of rotatable bonds is 6. The molecule has 6 aliphatic rings. The van der Waals surface area contributed by atoms with Crippen molar-refractivity contribution in [2.24, 2.45) is 0 Å². The summed E-state index contributed by atoms with van der Waals surface area (Å²) in [5.74, 6) is 1.45. The zero-order valence-corrected chi connectivity index (χ0v) is 34.8. The van der Waals surface area contributed by atoms with Crippen LogP contribution < -0.4 is 16.4 Å². The minimum Gasteiger partial charge on any atom is -0.384 e. The van der Waals surface area contributed by atoms with Crippen LogP contribution in [0.3, 0.4) is 0 Å². The summed E-state index contributed by atoms with van der Waals surface area (Å²) in [6, 6.07) is 18.0. The van der Waals surface area contributed by atoms with Gasteiger partial charge in [0.2, 0.25) is 11.1 Å². The predicted octanol–water partition coefficient (Wildman–Crippen LogP) is 4.65. The van der Waals surface area contributed by atoms with Gasteiger partial charge in [-0.05, 0) is 48.0 Å². The number of halogens is 5. The maximum atomic E-state index is 12.1. The van der Waals surface area contributed by atoms with E-state index in [1.807, 2.05) is 30.3 Å². The number of hydrogen-bond donors (Lipinski definition) is 3. The SMILES string of the molecule is C1CN2CCN1CC2.CC#N.ClCCl.Nc1ccccn1.O=C(CCl)Nc1ccccn1.O=C(C[N+]12CCN(CC1)CC2)Nc1ccccn1.O=C(Cl)CCl. The van der Waals surface area contributed by atoms with Crippen LogP contribution in [0.15, 0.2) is 73.2 Å². The number of nitrogen functional groups attached to an aromatic ring is 1. The average Bonchev–Trinajstić information content (AvgIpc) is 3.22. The van der Waals surface area contributed by atoms with Crippen LogP contribution in [-0.2, 0) is 14.4 Å². The largest absolute Gasteiger partial charge is 0.384 e. The molecule has 0 aromatic carbocycles. The summed E-state index contributed by atoms with van der Waals surface area (Å²) in [5, 5.41) is 12.4. The van der Waals surface area contributed by atoms with E-state index in [0.717, 1.165) is 43.8 Å². The Kier molecular flexibility index (Phi) is 27.8. The second-order valence-corrected chi connectivity index (χ2v) is 13.7. The lowest BCUT2D eigenvalue weighted by atomic mass is 10.1. The number of alkyl halides is 4. The molecule has 3 aromatic rings. The van der Waals surface area contributed by atoms with Crippen LogP contribution in [0.2, 0.25) is 0 Å². The van der Waals surface area contributed by atoms with E-state index in [4.69, 9.17) is 69.0 Å². The van der Waals surface area contributed by atoms with Gasteiger partial charge in [0.05, 0.1) is 36.9 Å². The van der Waals surface area contributed by atoms with E-state index in [1.54, 1.807) is 48.9 Å². The molecule has 6 aliphatic heterocycles. The van der Waals surface area contributed by atoms with Gasteiger partial charge in [0.15, 0.2) is 6.54 Å². The smallest absolute Gasteiger partial charge is 0.280 e. The Bertz CT molecular complexity index is 1460. The summed E-state index contributed by atoms with van der Waals surface area (Å²) in [7, 11) is 0. The molecule has 4 bridgehead atoms. The van der Waals surface area contributed by atoms with E-state index in [2.05, 4.69) is 40.3 Å². The second-order valence-electron chi connectivity index (χ2n) is 11.9. The summed E-state index contributed by atoms with van der Waals surface area (Å²) >= 11 is 24.3. The molecule has 0 atom stereocenters. The molecule has 0 radical (unpaired) electrons. The van der Waals surface area contributed by atoms with Crippen molar-refractivity contribution in [2.45, 2.75) is 6.92 Å². The highest BCUT2D eigenvalue weighted by Gasteiger charge is 2.39. The molecular formula is C36H51Cl5N11O3+. The van der Waals surface area contributed by atoms with Gasteiger partial charge in [0.1, 0.15) is 23.3 Å². The summed E-state index contributed by atoms with van der Waals surface area (Å²) in [6.07, 6.45) is 4.96. The topological polar surface area (TPSA) is 173 Å². The van der Waals surface area contributed by atoms with E-state index in [1.165, 1.54) is 46.2 Å². The standard InChI is InChI=1S/C13H18N4O.C7H7ClN2O.C6H12N2.C5H6N2.C2H2Cl2O.C2H3N.CH2Cl2/c18-13(15-12-3-1-2-4-14-12)11-17-8-5-16(6-9-17)7-10-17;8-5-7(11)10-6-3-1-2-4-9-6;1-2-8-5-3-7(1)4-6-8;6-5-3-1-2-4-7-5;3-1-2(4)5;1-2-3;2-1-3/h1-4H,5-11H2;1-4H,5H2,(H,9,10,11);1-6H2;1-4H,(H2,6,7);1H2;1H3;1H2/p+1. The van der Waals surface area contributed by atoms with E-state index < -0.39 is 5.24 Å². The fourth-order valence-electron chi connectivity index (χ4n) is 5.40. The van der Waals surface area contributed by atoms with Crippen LogP contribution in [0.5, 0.6) is 0 Å². The number of nitrogens with zero attached hydrogens (tertiary/aromatic N) is 8. The molecule has 302 valence electrons. The number of quaternary nitrogens is 1. The molecule has 55 heavy (non-hydrogen) atoms. The van der Waals surface area contributed by atoms with Crippen LogP contribution in [-0.4, -0.2) is 153 Å². The Morgan fingerprint density at radius 1 is 0.691 bits per heavy atom. The van der Waals surface area contributed by atoms with Crippen LogP contribution in [0.4, 0.5) is 17.5 Å². The van der Waals surface area contributed by atoms with Crippen molar-refractivity contribution in [3.63, 3.8) is 0 Å². The van der Waals surface area contributed by atoms with Gasteiger partial charge in [-0.1, -0.05) is 18.2 Å². The van der Waals surface area contributed by atoms with Gasteiger partial charge >= 0.3 is 0 Å². The molecule has 0 unspecified atom stereocenters. The van der Waals surface area contributed by atoms with Crippen molar-refractivity contribution in [1.29, 1.82) is 5.26 Å². The lowest BCUT2D eigenvalue weighted by Gasteiger charge is -2.50. The highest BCUT2D eigenvalue weighted by Crippen LogP contribution is 2.19. The molecule has 9 rings (SSSR count). The van der Waals surface area contributed by atoms with Crippen LogP contribution >= 0.6 is 58.0 Å². The van der Waals surface area contributed by atoms with Gasteiger partial charge in [-0.2, -0.15) is 5.26 Å². The lowest BCUT2D eigenvalue weighted by Crippen LogP contribution is -2.68. The minimum atomic E-state index is -0.508. The Hall–Kier alpha value is -3.36. The van der Waals surface area contributed by atoms with Gasteiger partial charge in [-0.25, -0.2) is 15.0 Å². The number of hydrogen-bond acceptors (Lipinski definition) is 11. The van der Waals surface area contributed by atoms with Crippen molar-refractivity contribution in [3.05, 3.63) is 73.2 Å². The molecule has 6 fully saturated rings. The Morgan fingerprint density at radius 2 is 1.05 bits per heavy atom. The number of piperazine rings is 6. The molecule has 14 nitrogen and oxygen atoms in total. The summed E-state index contributed by atoms with van der Waals surface area (Å²) < 4.78 is 0.954. The van der Waals surface area contributed by atoms with Gasteiger partial charge in [0.25, 0.3) is 5.91 Å². The van der Waals surface area contributed by atoms with E-state index in [-0.39, 0.29) is 28.9 Å². The Balaban J connectivity index is 0.000000353. The quantitative estimate of drug-likeness (QED) is 0.179. The van der Waals surface area contributed by atoms with E-state index >= 15 is 0 Å². The number of carbonyl (C=O) groups excluding carboxylic acids is 3. The second kappa shape index (κ2) is 30.8. The molecule has 6 saturated heterocycles. The van der Waals surface area contributed by atoms with Gasteiger partial charge in [0, 0.05) is 84.4 Å². The van der Waals surface area contributed by atoms with Gasteiger partial charge < -0.3 is 20.9 Å². The zero-order chi connectivity index (χ0) is 40.7. The first-order valence-corrected chi connectivity index (χ1v) is 19.9. The number of nitriles is 1. The summed E-state index contributed by atoms with van der Waals surface area (Å²) in [4.78, 5) is 51.5. The fraction of sp³-hybridized carbons (Fsp3) is 0.472. The first-order valence-electron chi connectivity index (χ1n) is 17.4. The van der Waals surface area contributed by atoms with Crippen molar-refractivity contribution in [3.8, 4) is 6.07 Å². The van der Waals surface area contributed by atoms with Crippen molar-refractivity contribution in [1.82, 2.24) is 29.7 Å². The number of carbonyl (C=O) groups is 3. The highest BCUT2D eigenvalue weighted by atomic mass is 35.5. The van der Waals surface area contributed by atoms with Crippen molar-refractivity contribution >= 4 is 92.5 Å². The monoisotopic (exact) mass is 860 g/mol. The maximum Gasteiger partial charge on any atom is 0.280 e. The number of anilines is 3. The zero-order valence-electron chi connectivity index (χ0n) is 31.0. The molecular weight excluding hydrogens is 812 g/mol. The van der Waals surface area contributed by atoms with Crippen molar-refractivity contribution in [2.75, 3.05) is 119 Å². The number of nitrogens with one attached hydrogen (secondary N) is 2. The van der Waals surface area contributed by atoms with E-state index in [0.29, 0.717) is 24.0 Å². The molecule has 0 aliphatic carbocycles. The third-order valence-corrected chi connectivity index (χ3v) is 8.88. The van der Waals surface area contributed by atoms with Crippen molar-refractivity contribution < 1.29 is 18.9 Å². The third-order valence-electron chi connectivity index (χ3n) is 8.13. The molecule has 0 saturated carbocycles. The summed E-state index contributed by atoms with van der Waals surface area (Å²) in [6.45, 7) is 16.7. The minimum absolute atomic E-state index is 0.0451. The molecule has 9 heterocycles. The number of amides is 2. The van der Waals surface area contributed by atoms with Crippen LogP contribution in [0, 0.1) is 11.3 Å². The van der Waals surface area contributed by atoms with Crippen LogP contribution in [0.25, 0.3) is 0 Å². The van der Waals surface area contributed by atoms with E-state index in [9.17, 15) is 14.4 Å². The molecule has 19 heteroatoms. The molecule has 4 N–H and O–H groups in total. The van der Waals surface area contributed by atoms with Crippen LogP contribution in [0.1, 0.15) is 6.92 Å². The lowest BCUT2D eigenvalue weighted by molar-refractivity contribution is -0.933.